The van der Waals surface area contributed by atoms with Gasteiger partial charge in [0.15, 0.2) is 5.84 Å². The van der Waals surface area contributed by atoms with Gasteiger partial charge in [0.25, 0.3) is 0 Å². The van der Waals surface area contributed by atoms with Crippen molar-refractivity contribution >= 4 is 23.5 Å². The molecule has 6 heteroatoms. The van der Waals surface area contributed by atoms with Crippen molar-refractivity contribution in [2.45, 2.75) is 26.3 Å². The van der Waals surface area contributed by atoms with Crippen molar-refractivity contribution in [3.8, 4) is 0 Å². The van der Waals surface area contributed by atoms with E-state index >= 15 is 0 Å². The number of carbonyl (C=O) groups is 1. The Morgan fingerprint density at radius 2 is 2.19 bits per heavy atom. The van der Waals surface area contributed by atoms with E-state index in [9.17, 15) is 4.79 Å². The van der Waals surface area contributed by atoms with E-state index in [1.54, 1.807) is 30.6 Å². The summed E-state index contributed by atoms with van der Waals surface area (Å²) in [6.45, 7) is 3.68. The number of rotatable bonds is 6. The molecule has 0 bridgehead atoms. The molecular formula is C10H21N3O2S. The van der Waals surface area contributed by atoms with E-state index in [1.807, 2.05) is 13.2 Å². The SMILES string of the molecule is CCC(CSC)N(C)C(=O)C(C)C(N)=NO. The van der Waals surface area contributed by atoms with Crippen LogP contribution in [0.2, 0.25) is 0 Å². The van der Waals surface area contributed by atoms with Crippen LogP contribution in [0.15, 0.2) is 5.16 Å². The van der Waals surface area contributed by atoms with Crippen molar-refractivity contribution in [1.29, 1.82) is 0 Å². The van der Waals surface area contributed by atoms with Crippen molar-refractivity contribution in [2.75, 3.05) is 19.1 Å². The van der Waals surface area contributed by atoms with Crippen LogP contribution < -0.4 is 5.73 Å². The van der Waals surface area contributed by atoms with Gasteiger partial charge < -0.3 is 15.8 Å². The van der Waals surface area contributed by atoms with Gasteiger partial charge in [-0.2, -0.15) is 11.8 Å². The van der Waals surface area contributed by atoms with Gasteiger partial charge in [0.2, 0.25) is 5.91 Å². The summed E-state index contributed by atoms with van der Waals surface area (Å²) in [5.41, 5.74) is 5.42. The van der Waals surface area contributed by atoms with Crippen LogP contribution in [0.25, 0.3) is 0 Å². The first-order chi connectivity index (χ1) is 7.49. The lowest BCUT2D eigenvalue weighted by molar-refractivity contribution is -0.133. The summed E-state index contributed by atoms with van der Waals surface area (Å²) in [7, 11) is 1.76. The Bertz CT molecular complexity index is 258. The average molecular weight is 247 g/mol. The molecule has 0 saturated carbocycles. The van der Waals surface area contributed by atoms with Gasteiger partial charge >= 0.3 is 0 Å². The molecule has 0 aliphatic carbocycles. The molecule has 16 heavy (non-hydrogen) atoms. The maximum atomic E-state index is 12.0. The fourth-order valence-corrected chi connectivity index (χ4v) is 2.24. The highest BCUT2D eigenvalue weighted by Crippen LogP contribution is 2.12. The number of amidine groups is 1. The van der Waals surface area contributed by atoms with E-state index in [0.717, 1.165) is 12.2 Å². The molecule has 0 fully saturated rings. The third-order valence-corrected chi connectivity index (χ3v) is 3.37. The second-order valence-electron chi connectivity index (χ2n) is 3.71. The minimum atomic E-state index is -0.578. The van der Waals surface area contributed by atoms with E-state index in [0.29, 0.717) is 0 Å². The Morgan fingerprint density at radius 3 is 2.56 bits per heavy atom. The Morgan fingerprint density at radius 1 is 1.62 bits per heavy atom. The van der Waals surface area contributed by atoms with Crippen LogP contribution in [-0.2, 0) is 4.79 Å². The van der Waals surface area contributed by atoms with Crippen LogP contribution in [0, 0.1) is 5.92 Å². The fourth-order valence-electron chi connectivity index (χ4n) is 1.39. The van der Waals surface area contributed by atoms with Crippen LogP contribution in [0.4, 0.5) is 0 Å². The predicted molar refractivity (Wildman–Crippen MR) is 67.8 cm³/mol. The molecule has 0 aliphatic heterocycles. The van der Waals surface area contributed by atoms with Crippen molar-refractivity contribution in [2.24, 2.45) is 16.8 Å². The summed E-state index contributed by atoms with van der Waals surface area (Å²) in [5.74, 6) is 0.153. The van der Waals surface area contributed by atoms with Gasteiger partial charge in [-0.1, -0.05) is 12.1 Å². The number of carbonyl (C=O) groups excluding carboxylic acids is 1. The summed E-state index contributed by atoms with van der Waals surface area (Å²) in [6, 6.07) is 0.191. The highest BCUT2D eigenvalue weighted by molar-refractivity contribution is 7.98. The zero-order valence-corrected chi connectivity index (χ0v) is 11.1. The molecule has 0 radical (unpaired) electrons. The maximum absolute atomic E-state index is 12.0. The lowest BCUT2D eigenvalue weighted by Crippen LogP contribution is -2.44. The van der Waals surface area contributed by atoms with E-state index in [2.05, 4.69) is 5.16 Å². The Kier molecular flexibility index (Phi) is 6.96. The molecule has 0 aromatic heterocycles. The molecule has 2 atom stereocenters. The quantitative estimate of drug-likeness (QED) is 0.317. The molecular weight excluding hydrogens is 226 g/mol. The van der Waals surface area contributed by atoms with Gasteiger partial charge in [0.05, 0.1) is 5.92 Å². The zero-order chi connectivity index (χ0) is 12.7. The van der Waals surface area contributed by atoms with Crippen molar-refractivity contribution in [3.63, 3.8) is 0 Å². The van der Waals surface area contributed by atoms with E-state index in [-0.39, 0.29) is 17.8 Å². The minimum absolute atomic E-state index is 0.0455. The number of amides is 1. The van der Waals surface area contributed by atoms with Crippen molar-refractivity contribution < 1.29 is 10.0 Å². The molecule has 1 amide bonds. The lowest BCUT2D eigenvalue weighted by atomic mass is 10.1. The molecule has 0 spiro atoms. The summed E-state index contributed by atoms with van der Waals surface area (Å²) in [5, 5.41) is 11.4. The second-order valence-corrected chi connectivity index (χ2v) is 4.62. The van der Waals surface area contributed by atoms with Crippen LogP contribution in [0.3, 0.4) is 0 Å². The first kappa shape index (κ1) is 15.1. The van der Waals surface area contributed by atoms with Crippen LogP contribution in [-0.4, -0.2) is 46.9 Å². The fraction of sp³-hybridized carbons (Fsp3) is 0.800. The smallest absolute Gasteiger partial charge is 0.233 e. The van der Waals surface area contributed by atoms with Gasteiger partial charge in [0, 0.05) is 18.8 Å². The third-order valence-electron chi connectivity index (χ3n) is 2.66. The second kappa shape index (κ2) is 7.38. The van der Waals surface area contributed by atoms with Crippen molar-refractivity contribution in [1.82, 2.24) is 4.90 Å². The van der Waals surface area contributed by atoms with Gasteiger partial charge in [-0.3, -0.25) is 4.79 Å². The highest BCUT2D eigenvalue weighted by Gasteiger charge is 2.25. The monoisotopic (exact) mass is 247 g/mol. The number of nitrogens with zero attached hydrogens (tertiary/aromatic N) is 2. The lowest BCUT2D eigenvalue weighted by Gasteiger charge is -2.28. The minimum Gasteiger partial charge on any atom is -0.409 e. The largest absolute Gasteiger partial charge is 0.409 e. The standard InChI is InChI=1S/C10H21N3O2S/c1-5-8(6-16-4)13(3)10(14)7(2)9(11)12-15/h7-8,15H,5-6H2,1-4H3,(H2,11,12). The van der Waals surface area contributed by atoms with Crippen molar-refractivity contribution in [3.05, 3.63) is 0 Å². The number of thioether (sulfide) groups is 1. The topological polar surface area (TPSA) is 78.9 Å². The molecule has 3 N–H and O–H groups in total. The number of oxime groups is 1. The summed E-state index contributed by atoms with van der Waals surface area (Å²) in [6.07, 6.45) is 2.90. The first-order valence-corrected chi connectivity index (χ1v) is 6.61. The van der Waals surface area contributed by atoms with Crippen LogP contribution in [0.5, 0.6) is 0 Å². The zero-order valence-electron chi connectivity index (χ0n) is 10.3. The summed E-state index contributed by atoms with van der Waals surface area (Å²) >= 11 is 1.70. The Hall–Kier alpha value is -0.910. The molecule has 0 aromatic carbocycles. The predicted octanol–water partition coefficient (Wildman–Crippen LogP) is 0.969. The van der Waals surface area contributed by atoms with Gasteiger partial charge in [0.1, 0.15) is 0 Å². The van der Waals surface area contributed by atoms with Crippen LogP contribution in [0.1, 0.15) is 20.3 Å². The molecule has 94 valence electrons. The molecule has 0 aromatic rings. The maximum Gasteiger partial charge on any atom is 0.233 e. The molecule has 5 nitrogen and oxygen atoms in total. The molecule has 0 rings (SSSR count). The van der Waals surface area contributed by atoms with Gasteiger partial charge in [-0.05, 0) is 19.6 Å². The molecule has 0 heterocycles. The van der Waals surface area contributed by atoms with E-state index < -0.39 is 5.92 Å². The van der Waals surface area contributed by atoms with E-state index in [4.69, 9.17) is 10.9 Å². The third kappa shape index (κ3) is 3.92. The normalized spacial score (nSPS) is 15.6. The van der Waals surface area contributed by atoms with Crippen LogP contribution >= 0.6 is 11.8 Å². The number of hydrogen-bond acceptors (Lipinski definition) is 4. The Balaban J connectivity index is 4.58. The number of hydrogen-bond donors (Lipinski definition) is 2. The summed E-state index contributed by atoms with van der Waals surface area (Å²) < 4.78 is 0. The highest BCUT2D eigenvalue weighted by atomic mass is 32.2. The average Bonchev–Trinajstić information content (AvgIpc) is 2.32. The molecule has 0 saturated heterocycles. The summed E-state index contributed by atoms with van der Waals surface area (Å²) in [4.78, 5) is 13.6. The Labute approximate surface area is 101 Å². The first-order valence-electron chi connectivity index (χ1n) is 5.22. The number of nitrogens with two attached hydrogens (primary N) is 1. The van der Waals surface area contributed by atoms with E-state index in [1.165, 1.54) is 0 Å². The molecule has 0 aliphatic rings. The molecule has 2 unspecified atom stereocenters. The van der Waals surface area contributed by atoms with Gasteiger partial charge in [-0.15, -0.1) is 0 Å². The van der Waals surface area contributed by atoms with Gasteiger partial charge in [-0.25, -0.2) is 0 Å².